The predicted molar refractivity (Wildman–Crippen MR) is 75.2 cm³/mol. The van der Waals surface area contributed by atoms with Crippen molar-refractivity contribution in [2.75, 3.05) is 19.7 Å². The van der Waals surface area contributed by atoms with Gasteiger partial charge in [-0.25, -0.2) is 0 Å². The van der Waals surface area contributed by atoms with Gasteiger partial charge < -0.3 is 15.4 Å². The van der Waals surface area contributed by atoms with Gasteiger partial charge in [-0.15, -0.1) is 0 Å². The normalized spacial score (nSPS) is 13.2. The third kappa shape index (κ3) is 4.24. The van der Waals surface area contributed by atoms with Crippen molar-refractivity contribution in [3.63, 3.8) is 0 Å². The molecule has 4 heteroatoms. The van der Waals surface area contributed by atoms with Crippen LogP contribution in [0.4, 0.5) is 0 Å². The maximum atomic E-state index is 11.5. The molecule has 19 heavy (non-hydrogen) atoms. The standard InChI is InChI=1S/C15H22N2O2/c1-11(2)8-17-15(18)10-16-9-12-3-4-14-13(7-12)5-6-19-14/h3-4,7,11,16H,5-6,8-10H2,1-2H3,(H,17,18). The number of hydrogen-bond acceptors (Lipinski definition) is 3. The number of carbonyl (C=O) groups excluding carboxylic acids is 1. The fourth-order valence-electron chi connectivity index (χ4n) is 2.05. The summed E-state index contributed by atoms with van der Waals surface area (Å²) in [5, 5.41) is 6.05. The molecular formula is C15H22N2O2. The summed E-state index contributed by atoms with van der Waals surface area (Å²) in [5.74, 6) is 1.54. The lowest BCUT2D eigenvalue weighted by Crippen LogP contribution is -2.35. The number of ether oxygens (including phenoxy) is 1. The van der Waals surface area contributed by atoms with Crippen molar-refractivity contribution >= 4 is 5.91 Å². The zero-order chi connectivity index (χ0) is 13.7. The summed E-state index contributed by atoms with van der Waals surface area (Å²) in [6, 6.07) is 6.21. The second-order valence-corrected chi connectivity index (χ2v) is 5.34. The van der Waals surface area contributed by atoms with Gasteiger partial charge in [0.25, 0.3) is 0 Å². The Labute approximate surface area is 114 Å². The first-order chi connectivity index (χ1) is 9.15. The van der Waals surface area contributed by atoms with Crippen molar-refractivity contribution < 1.29 is 9.53 Å². The van der Waals surface area contributed by atoms with Crippen LogP contribution >= 0.6 is 0 Å². The number of carbonyl (C=O) groups is 1. The van der Waals surface area contributed by atoms with Crippen LogP contribution in [0, 0.1) is 5.92 Å². The molecule has 0 radical (unpaired) electrons. The van der Waals surface area contributed by atoms with E-state index in [-0.39, 0.29) is 5.91 Å². The molecule has 0 unspecified atom stereocenters. The Hall–Kier alpha value is -1.55. The van der Waals surface area contributed by atoms with Crippen molar-refractivity contribution in [3.05, 3.63) is 29.3 Å². The average molecular weight is 262 g/mol. The first-order valence-electron chi connectivity index (χ1n) is 6.87. The van der Waals surface area contributed by atoms with Crippen LogP contribution in [0.2, 0.25) is 0 Å². The van der Waals surface area contributed by atoms with Crippen molar-refractivity contribution in [1.82, 2.24) is 10.6 Å². The third-order valence-corrected chi connectivity index (χ3v) is 3.08. The molecule has 1 aliphatic heterocycles. The number of amides is 1. The van der Waals surface area contributed by atoms with Crippen molar-refractivity contribution in [2.24, 2.45) is 5.92 Å². The van der Waals surface area contributed by atoms with Crippen LogP contribution in [-0.4, -0.2) is 25.6 Å². The summed E-state index contributed by atoms with van der Waals surface area (Å²) in [4.78, 5) is 11.5. The summed E-state index contributed by atoms with van der Waals surface area (Å²) in [6.45, 7) is 6.75. The number of hydrogen-bond donors (Lipinski definition) is 2. The highest BCUT2D eigenvalue weighted by atomic mass is 16.5. The fourth-order valence-corrected chi connectivity index (χ4v) is 2.05. The van der Waals surface area contributed by atoms with Gasteiger partial charge >= 0.3 is 0 Å². The van der Waals surface area contributed by atoms with E-state index in [0.29, 0.717) is 19.0 Å². The summed E-state index contributed by atoms with van der Waals surface area (Å²) >= 11 is 0. The van der Waals surface area contributed by atoms with Crippen molar-refractivity contribution in [3.8, 4) is 5.75 Å². The molecule has 1 heterocycles. The molecule has 0 saturated carbocycles. The highest BCUT2D eigenvalue weighted by Crippen LogP contribution is 2.25. The lowest BCUT2D eigenvalue weighted by Gasteiger charge is -2.09. The van der Waals surface area contributed by atoms with Crippen LogP contribution in [0.15, 0.2) is 18.2 Å². The van der Waals surface area contributed by atoms with E-state index in [0.717, 1.165) is 25.3 Å². The number of fused-ring (bicyclic) bond motifs is 1. The number of nitrogens with one attached hydrogen (secondary N) is 2. The van der Waals surface area contributed by atoms with Gasteiger partial charge in [-0.1, -0.05) is 26.0 Å². The molecule has 0 bridgehead atoms. The highest BCUT2D eigenvalue weighted by molar-refractivity contribution is 5.77. The monoisotopic (exact) mass is 262 g/mol. The number of benzene rings is 1. The SMILES string of the molecule is CC(C)CNC(=O)CNCc1ccc2c(c1)CCO2. The Kier molecular flexibility index (Phi) is 4.80. The van der Waals surface area contributed by atoms with E-state index < -0.39 is 0 Å². The lowest BCUT2D eigenvalue weighted by atomic mass is 10.1. The van der Waals surface area contributed by atoms with Gasteiger partial charge in [0.1, 0.15) is 5.75 Å². The molecular weight excluding hydrogens is 240 g/mol. The minimum atomic E-state index is 0.0539. The minimum Gasteiger partial charge on any atom is -0.493 e. The maximum absolute atomic E-state index is 11.5. The first kappa shape index (κ1) is 13.9. The molecule has 0 saturated heterocycles. The van der Waals surface area contributed by atoms with Crippen LogP contribution in [0.5, 0.6) is 5.75 Å². The molecule has 1 aromatic rings. The molecule has 0 spiro atoms. The van der Waals surface area contributed by atoms with Crippen LogP contribution in [0.1, 0.15) is 25.0 Å². The second kappa shape index (κ2) is 6.57. The molecule has 0 aromatic heterocycles. The molecule has 0 fully saturated rings. The van der Waals surface area contributed by atoms with E-state index in [2.05, 4.69) is 30.5 Å². The Bertz CT molecular complexity index is 444. The zero-order valence-corrected chi connectivity index (χ0v) is 11.7. The van der Waals surface area contributed by atoms with Crippen LogP contribution < -0.4 is 15.4 Å². The largest absolute Gasteiger partial charge is 0.493 e. The Morgan fingerprint density at radius 3 is 3.05 bits per heavy atom. The molecule has 2 N–H and O–H groups in total. The second-order valence-electron chi connectivity index (χ2n) is 5.34. The van der Waals surface area contributed by atoms with Gasteiger partial charge in [-0.2, -0.15) is 0 Å². The van der Waals surface area contributed by atoms with Crippen LogP contribution in [0.3, 0.4) is 0 Å². The summed E-state index contributed by atoms with van der Waals surface area (Å²) < 4.78 is 5.47. The van der Waals surface area contributed by atoms with E-state index in [1.807, 2.05) is 12.1 Å². The van der Waals surface area contributed by atoms with Gasteiger partial charge in [0.2, 0.25) is 5.91 Å². The van der Waals surface area contributed by atoms with Gasteiger partial charge in [0.05, 0.1) is 13.2 Å². The van der Waals surface area contributed by atoms with E-state index >= 15 is 0 Å². The Balaban J connectivity index is 1.72. The van der Waals surface area contributed by atoms with E-state index in [4.69, 9.17) is 4.74 Å². The minimum absolute atomic E-state index is 0.0539. The van der Waals surface area contributed by atoms with Gasteiger partial charge in [0, 0.05) is 19.5 Å². The molecule has 0 atom stereocenters. The molecule has 104 valence electrons. The van der Waals surface area contributed by atoms with E-state index in [1.54, 1.807) is 0 Å². The van der Waals surface area contributed by atoms with Crippen LogP contribution in [-0.2, 0) is 17.8 Å². The third-order valence-electron chi connectivity index (χ3n) is 3.08. The van der Waals surface area contributed by atoms with E-state index in [1.165, 1.54) is 11.1 Å². The fraction of sp³-hybridized carbons (Fsp3) is 0.533. The summed E-state index contributed by atoms with van der Waals surface area (Å²) in [7, 11) is 0. The molecule has 0 aliphatic carbocycles. The lowest BCUT2D eigenvalue weighted by molar-refractivity contribution is -0.120. The number of rotatable bonds is 6. The average Bonchev–Trinajstić information content (AvgIpc) is 2.83. The molecule has 2 rings (SSSR count). The van der Waals surface area contributed by atoms with Gasteiger partial charge in [0.15, 0.2) is 0 Å². The Morgan fingerprint density at radius 2 is 2.26 bits per heavy atom. The van der Waals surface area contributed by atoms with Crippen molar-refractivity contribution in [2.45, 2.75) is 26.8 Å². The smallest absolute Gasteiger partial charge is 0.233 e. The van der Waals surface area contributed by atoms with Crippen LogP contribution in [0.25, 0.3) is 0 Å². The summed E-state index contributed by atoms with van der Waals surface area (Å²) in [6.07, 6.45) is 0.984. The molecule has 1 aromatic carbocycles. The van der Waals surface area contributed by atoms with Gasteiger partial charge in [-0.3, -0.25) is 4.79 Å². The zero-order valence-electron chi connectivity index (χ0n) is 11.7. The maximum Gasteiger partial charge on any atom is 0.233 e. The summed E-state index contributed by atoms with van der Waals surface area (Å²) in [5.41, 5.74) is 2.46. The highest BCUT2D eigenvalue weighted by Gasteiger charge is 2.11. The van der Waals surface area contributed by atoms with Gasteiger partial charge in [-0.05, 0) is 23.1 Å². The molecule has 1 aliphatic rings. The first-order valence-corrected chi connectivity index (χ1v) is 6.87. The van der Waals surface area contributed by atoms with E-state index in [9.17, 15) is 4.79 Å². The Morgan fingerprint density at radius 1 is 1.42 bits per heavy atom. The molecule has 1 amide bonds. The van der Waals surface area contributed by atoms with Crippen molar-refractivity contribution in [1.29, 1.82) is 0 Å². The topological polar surface area (TPSA) is 50.4 Å². The molecule has 4 nitrogen and oxygen atoms in total. The quantitative estimate of drug-likeness (QED) is 0.816. The predicted octanol–water partition coefficient (Wildman–Crippen LogP) is 1.48.